The number of hydrogen-bond acceptors (Lipinski definition) is 5. The molecule has 1 aliphatic heterocycles. The summed E-state index contributed by atoms with van der Waals surface area (Å²) in [5.74, 6) is -0.564. The number of hydrogen-bond donors (Lipinski definition) is 1. The van der Waals surface area contributed by atoms with Gasteiger partial charge in [-0.1, -0.05) is 6.07 Å². The third-order valence-corrected chi connectivity index (χ3v) is 2.81. The Kier molecular flexibility index (Phi) is 3.07. The summed E-state index contributed by atoms with van der Waals surface area (Å²) in [5, 5.41) is 25.7. The SMILES string of the molecule is CC1=NN(C(=O)c2cccc([N+](=O)[O-])c2)[C@](C)(O)C1. The fourth-order valence-corrected chi connectivity index (χ4v) is 2.01. The molecule has 2 rings (SSSR count). The van der Waals surface area contributed by atoms with E-state index in [0.29, 0.717) is 5.71 Å². The molecule has 1 amide bonds. The summed E-state index contributed by atoms with van der Waals surface area (Å²) >= 11 is 0. The molecule has 7 heteroatoms. The number of non-ortho nitro benzene ring substituents is 1. The van der Waals surface area contributed by atoms with E-state index in [1.165, 1.54) is 31.2 Å². The monoisotopic (exact) mass is 263 g/mol. The number of amides is 1. The number of benzene rings is 1. The highest BCUT2D eigenvalue weighted by Crippen LogP contribution is 2.27. The smallest absolute Gasteiger partial charge is 0.276 e. The van der Waals surface area contributed by atoms with Gasteiger partial charge in [0.05, 0.1) is 4.92 Å². The van der Waals surface area contributed by atoms with Gasteiger partial charge in [-0.15, -0.1) is 0 Å². The highest BCUT2D eigenvalue weighted by molar-refractivity contribution is 5.98. The van der Waals surface area contributed by atoms with Crippen LogP contribution in [0.25, 0.3) is 0 Å². The van der Waals surface area contributed by atoms with Crippen molar-refractivity contribution in [2.45, 2.75) is 26.0 Å². The Bertz CT molecular complexity index is 580. The lowest BCUT2D eigenvalue weighted by atomic mass is 10.1. The first kappa shape index (κ1) is 13.2. The average Bonchev–Trinajstić information content (AvgIpc) is 2.61. The van der Waals surface area contributed by atoms with Crippen molar-refractivity contribution in [2.24, 2.45) is 5.10 Å². The van der Waals surface area contributed by atoms with Gasteiger partial charge in [-0.2, -0.15) is 10.1 Å². The number of carbonyl (C=O) groups is 1. The lowest BCUT2D eigenvalue weighted by Crippen LogP contribution is -2.43. The fourth-order valence-electron chi connectivity index (χ4n) is 2.01. The van der Waals surface area contributed by atoms with Crippen LogP contribution in [-0.2, 0) is 0 Å². The molecule has 7 nitrogen and oxygen atoms in total. The van der Waals surface area contributed by atoms with Crippen LogP contribution >= 0.6 is 0 Å². The maximum atomic E-state index is 12.2. The molecule has 1 heterocycles. The first-order valence-corrected chi connectivity index (χ1v) is 5.67. The number of carbonyl (C=O) groups excluding carboxylic acids is 1. The van der Waals surface area contributed by atoms with E-state index in [1.807, 2.05) is 0 Å². The Morgan fingerprint density at radius 1 is 1.58 bits per heavy atom. The minimum atomic E-state index is -1.40. The van der Waals surface area contributed by atoms with Crippen molar-refractivity contribution in [1.29, 1.82) is 0 Å². The predicted octanol–water partition coefficient (Wildman–Crippen LogP) is 1.53. The summed E-state index contributed by atoms with van der Waals surface area (Å²) in [6.07, 6.45) is 0.258. The van der Waals surface area contributed by atoms with Crippen molar-refractivity contribution >= 4 is 17.3 Å². The number of rotatable bonds is 2. The minimum Gasteiger partial charge on any atom is -0.369 e. The van der Waals surface area contributed by atoms with Crippen LogP contribution in [0.1, 0.15) is 30.6 Å². The van der Waals surface area contributed by atoms with Gasteiger partial charge in [-0.25, -0.2) is 0 Å². The normalized spacial score (nSPS) is 22.3. The molecule has 1 atom stereocenters. The number of aliphatic hydroxyl groups is 1. The van der Waals surface area contributed by atoms with E-state index < -0.39 is 16.6 Å². The van der Waals surface area contributed by atoms with Gasteiger partial charge in [0.1, 0.15) is 0 Å². The van der Waals surface area contributed by atoms with Gasteiger partial charge >= 0.3 is 0 Å². The number of nitro benzene ring substituents is 1. The topological polar surface area (TPSA) is 96.0 Å². The van der Waals surface area contributed by atoms with E-state index in [4.69, 9.17) is 0 Å². The van der Waals surface area contributed by atoms with Gasteiger partial charge in [0, 0.05) is 29.8 Å². The quantitative estimate of drug-likeness (QED) is 0.646. The molecule has 0 radical (unpaired) electrons. The Hall–Kier alpha value is -2.28. The van der Waals surface area contributed by atoms with Crippen LogP contribution in [0, 0.1) is 10.1 Å². The third-order valence-electron chi connectivity index (χ3n) is 2.81. The molecule has 1 aromatic rings. The number of hydrazone groups is 1. The van der Waals surface area contributed by atoms with Crippen LogP contribution in [0.3, 0.4) is 0 Å². The van der Waals surface area contributed by atoms with Crippen LogP contribution in [0.5, 0.6) is 0 Å². The summed E-state index contributed by atoms with van der Waals surface area (Å²) in [6.45, 7) is 3.18. The largest absolute Gasteiger partial charge is 0.369 e. The molecule has 1 N–H and O–H groups in total. The van der Waals surface area contributed by atoms with Crippen molar-refractivity contribution < 1.29 is 14.8 Å². The zero-order valence-electron chi connectivity index (χ0n) is 10.5. The van der Waals surface area contributed by atoms with Crippen LogP contribution in [-0.4, -0.2) is 32.4 Å². The van der Waals surface area contributed by atoms with Crippen LogP contribution in [0.2, 0.25) is 0 Å². The summed E-state index contributed by atoms with van der Waals surface area (Å²) in [6, 6.07) is 5.34. The van der Waals surface area contributed by atoms with Crippen LogP contribution < -0.4 is 0 Å². The molecule has 100 valence electrons. The van der Waals surface area contributed by atoms with E-state index in [9.17, 15) is 20.0 Å². The first-order valence-electron chi connectivity index (χ1n) is 5.67. The molecule has 0 unspecified atom stereocenters. The summed E-state index contributed by atoms with van der Waals surface area (Å²) in [4.78, 5) is 22.3. The van der Waals surface area contributed by atoms with Crippen LogP contribution in [0.15, 0.2) is 29.4 Å². The Morgan fingerprint density at radius 3 is 2.79 bits per heavy atom. The summed E-state index contributed by atoms with van der Waals surface area (Å²) in [5.41, 5.74) is -0.826. The van der Waals surface area contributed by atoms with E-state index in [-0.39, 0.29) is 17.7 Å². The minimum absolute atomic E-state index is 0.118. The molecular weight excluding hydrogens is 250 g/mol. The molecule has 0 spiro atoms. The van der Waals surface area contributed by atoms with Gasteiger partial charge in [0.25, 0.3) is 11.6 Å². The fraction of sp³-hybridized carbons (Fsp3) is 0.333. The standard InChI is InChI=1S/C12H13N3O4/c1-8-7-12(2,17)14(13-8)11(16)9-4-3-5-10(6-9)15(18)19/h3-6,17H,7H2,1-2H3/t12-/m1/s1. The summed E-state index contributed by atoms with van der Waals surface area (Å²) in [7, 11) is 0. The second-order valence-electron chi connectivity index (χ2n) is 4.65. The van der Waals surface area contributed by atoms with Gasteiger partial charge in [-0.3, -0.25) is 14.9 Å². The van der Waals surface area contributed by atoms with E-state index in [2.05, 4.69) is 5.10 Å². The van der Waals surface area contributed by atoms with Crippen molar-refractivity contribution in [3.05, 3.63) is 39.9 Å². The first-order chi connectivity index (χ1) is 8.81. The number of nitro groups is 1. The zero-order valence-corrected chi connectivity index (χ0v) is 10.5. The predicted molar refractivity (Wildman–Crippen MR) is 67.6 cm³/mol. The van der Waals surface area contributed by atoms with Gasteiger partial charge in [0.15, 0.2) is 5.72 Å². The van der Waals surface area contributed by atoms with E-state index >= 15 is 0 Å². The molecule has 1 aliphatic rings. The molecule has 0 bridgehead atoms. The molecule has 19 heavy (non-hydrogen) atoms. The van der Waals surface area contributed by atoms with Gasteiger partial charge in [-0.05, 0) is 19.9 Å². The lowest BCUT2D eigenvalue weighted by molar-refractivity contribution is -0.384. The van der Waals surface area contributed by atoms with E-state index in [1.54, 1.807) is 6.92 Å². The van der Waals surface area contributed by atoms with Crippen molar-refractivity contribution in [3.8, 4) is 0 Å². The molecule has 0 saturated heterocycles. The highest BCUT2D eigenvalue weighted by Gasteiger charge is 2.39. The molecule has 0 aromatic heterocycles. The molecule has 0 fully saturated rings. The Labute approximate surface area is 109 Å². The van der Waals surface area contributed by atoms with E-state index in [0.717, 1.165) is 5.01 Å². The van der Waals surface area contributed by atoms with Gasteiger partial charge in [0.2, 0.25) is 0 Å². The highest BCUT2D eigenvalue weighted by atomic mass is 16.6. The van der Waals surface area contributed by atoms with Crippen molar-refractivity contribution in [1.82, 2.24) is 5.01 Å². The maximum Gasteiger partial charge on any atom is 0.276 e. The third kappa shape index (κ3) is 2.45. The average molecular weight is 263 g/mol. The van der Waals surface area contributed by atoms with Gasteiger partial charge < -0.3 is 5.11 Å². The maximum absolute atomic E-state index is 12.2. The second kappa shape index (κ2) is 4.43. The van der Waals surface area contributed by atoms with Crippen LogP contribution in [0.4, 0.5) is 5.69 Å². The second-order valence-corrected chi connectivity index (χ2v) is 4.65. The molecule has 0 aliphatic carbocycles. The summed E-state index contributed by atoms with van der Waals surface area (Å²) < 4.78 is 0. The lowest BCUT2D eigenvalue weighted by Gasteiger charge is -2.26. The number of nitrogens with zero attached hydrogens (tertiary/aromatic N) is 3. The van der Waals surface area contributed by atoms with Crippen molar-refractivity contribution in [3.63, 3.8) is 0 Å². The molecule has 1 aromatic carbocycles. The molecule has 0 saturated carbocycles. The zero-order chi connectivity index (χ0) is 14.2. The Balaban J connectivity index is 2.35. The molecular formula is C12H13N3O4. The van der Waals surface area contributed by atoms with Crippen molar-refractivity contribution in [2.75, 3.05) is 0 Å². The Morgan fingerprint density at radius 2 is 2.26 bits per heavy atom.